The minimum Gasteiger partial charge on any atom is -0.390 e. The number of hydrogen-bond acceptors (Lipinski definition) is 8. The smallest absolute Gasteiger partial charge is 0.192 e. The molecule has 30 heavy (non-hydrogen) atoms. The van der Waals surface area contributed by atoms with Crippen LogP contribution < -0.4 is 10.6 Å². The Morgan fingerprint density at radius 2 is 2.13 bits per heavy atom. The van der Waals surface area contributed by atoms with Gasteiger partial charge in [0.1, 0.15) is 5.82 Å². The van der Waals surface area contributed by atoms with Gasteiger partial charge in [-0.25, -0.2) is 15.0 Å². The summed E-state index contributed by atoms with van der Waals surface area (Å²) in [7, 11) is 0. The van der Waals surface area contributed by atoms with E-state index in [-0.39, 0.29) is 23.4 Å². The molecule has 2 saturated heterocycles. The van der Waals surface area contributed by atoms with Gasteiger partial charge in [-0.3, -0.25) is 0 Å². The van der Waals surface area contributed by atoms with Crippen LogP contribution in [-0.2, 0) is 11.3 Å². The maximum atomic E-state index is 9.94. The molecule has 162 valence electrons. The van der Waals surface area contributed by atoms with Crippen LogP contribution in [0.4, 0.5) is 11.5 Å². The zero-order chi connectivity index (χ0) is 21.4. The fraction of sp³-hybridized carbons (Fsp3) is 0.550. The fourth-order valence-corrected chi connectivity index (χ4v) is 5.79. The third kappa shape index (κ3) is 4.50. The average molecular weight is 562 g/mol. The molecule has 1 spiro atoms. The molecule has 0 radical (unpaired) electrons. The molecule has 0 aliphatic carbocycles. The van der Waals surface area contributed by atoms with Crippen molar-refractivity contribution in [3.8, 4) is 0 Å². The second-order valence-corrected chi connectivity index (χ2v) is 10.4. The summed E-state index contributed by atoms with van der Waals surface area (Å²) in [4.78, 5) is 16.1. The van der Waals surface area contributed by atoms with Gasteiger partial charge in [-0.15, -0.1) is 0 Å². The quantitative estimate of drug-likeness (QED) is 0.322. The Morgan fingerprint density at radius 1 is 1.37 bits per heavy atom. The molecule has 0 amide bonds. The second-order valence-electron chi connectivity index (χ2n) is 8.29. The van der Waals surface area contributed by atoms with E-state index in [0.29, 0.717) is 15.9 Å². The molecular formula is C20H25ClIN5O2S. The molecule has 0 saturated carbocycles. The van der Waals surface area contributed by atoms with Crippen molar-refractivity contribution in [2.24, 2.45) is 5.41 Å². The minimum absolute atomic E-state index is 0.00139. The molecule has 2 aliphatic rings. The number of halogens is 2. The number of piperidine rings is 1. The summed E-state index contributed by atoms with van der Waals surface area (Å²) in [5.41, 5.74) is 7.56. The van der Waals surface area contributed by atoms with Crippen LogP contribution in [0, 0.1) is 5.41 Å². The molecule has 7 nitrogen and oxygen atoms in total. The molecule has 2 aliphatic heterocycles. The van der Waals surface area contributed by atoms with Crippen LogP contribution in [-0.4, -0.2) is 49.8 Å². The van der Waals surface area contributed by atoms with Gasteiger partial charge < -0.3 is 20.5 Å². The largest absolute Gasteiger partial charge is 0.390 e. The number of rotatable bonds is 5. The first-order valence-corrected chi connectivity index (χ1v) is 12.6. The van der Waals surface area contributed by atoms with E-state index < -0.39 is 0 Å². The van der Waals surface area contributed by atoms with Crippen molar-refractivity contribution in [1.82, 2.24) is 15.0 Å². The number of anilines is 2. The zero-order valence-electron chi connectivity index (χ0n) is 16.8. The highest BCUT2D eigenvalue weighted by Crippen LogP contribution is 2.47. The Bertz CT molecular complexity index is 928. The number of aliphatic hydroxyl groups excluding tert-OH is 1. The van der Waals surface area contributed by atoms with Gasteiger partial charge in [0.2, 0.25) is 0 Å². The molecule has 0 aromatic carbocycles. The fourth-order valence-electron chi connectivity index (χ4n) is 4.29. The summed E-state index contributed by atoms with van der Waals surface area (Å²) in [5, 5.41) is 10.8. The average Bonchev–Trinajstić information content (AvgIpc) is 3.09. The summed E-state index contributed by atoms with van der Waals surface area (Å²) in [6.07, 6.45) is 6.67. The van der Waals surface area contributed by atoms with Gasteiger partial charge in [0.25, 0.3) is 0 Å². The van der Waals surface area contributed by atoms with E-state index in [1.54, 1.807) is 18.5 Å². The first-order valence-electron chi connectivity index (χ1n) is 9.86. The Kier molecular flexibility index (Phi) is 6.64. The number of ether oxygens (including phenoxy) is 1. The van der Waals surface area contributed by atoms with Crippen molar-refractivity contribution < 1.29 is 9.84 Å². The van der Waals surface area contributed by atoms with Crippen LogP contribution >= 0.6 is 46.0 Å². The topological polar surface area (TPSA) is 97.4 Å². The predicted molar refractivity (Wildman–Crippen MR) is 127 cm³/mol. The van der Waals surface area contributed by atoms with Gasteiger partial charge in [0.15, 0.2) is 5.16 Å². The SMILES string of the molecule is C[C@@]1(CI)CC2(CCN(c3cnc(Sc4ccnc(N)c4Cl)nc3CO)CC2)CO1. The number of aromatic nitrogens is 3. The monoisotopic (exact) mass is 561 g/mol. The number of nitrogen functional groups attached to an aromatic ring is 1. The van der Waals surface area contributed by atoms with Crippen molar-refractivity contribution in [3.63, 3.8) is 0 Å². The molecule has 1 atom stereocenters. The Balaban J connectivity index is 1.47. The number of nitrogens with two attached hydrogens (primary N) is 1. The van der Waals surface area contributed by atoms with Crippen molar-refractivity contribution >= 4 is 57.5 Å². The van der Waals surface area contributed by atoms with E-state index in [9.17, 15) is 5.11 Å². The van der Waals surface area contributed by atoms with Crippen LogP contribution in [0.5, 0.6) is 0 Å². The number of aliphatic hydroxyl groups is 1. The van der Waals surface area contributed by atoms with Gasteiger partial charge in [-0.1, -0.05) is 34.2 Å². The predicted octanol–water partition coefficient (Wildman–Crippen LogP) is 3.95. The Morgan fingerprint density at radius 3 is 2.80 bits per heavy atom. The van der Waals surface area contributed by atoms with Crippen molar-refractivity contribution in [2.75, 3.05) is 34.8 Å². The zero-order valence-corrected chi connectivity index (χ0v) is 20.5. The molecule has 2 aromatic heterocycles. The van der Waals surface area contributed by atoms with Gasteiger partial charge >= 0.3 is 0 Å². The van der Waals surface area contributed by atoms with Crippen molar-refractivity contribution in [1.29, 1.82) is 0 Å². The van der Waals surface area contributed by atoms with E-state index in [1.165, 1.54) is 11.8 Å². The Labute approximate surface area is 199 Å². The molecule has 3 N–H and O–H groups in total. The lowest BCUT2D eigenvalue weighted by Crippen LogP contribution is -2.41. The highest BCUT2D eigenvalue weighted by Gasteiger charge is 2.47. The van der Waals surface area contributed by atoms with Crippen LogP contribution in [0.1, 0.15) is 31.9 Å². The first-order chi connectivity index (χ1) is 14.4. The van der Waals surface area contributed by atoms with Crippen LogP contribution in [0.2, 0.25) is 5.02 Å². The lowest BCUT2D eigenvalue weighted by molar-refractivity contribution is 0.0353. The van der Waals surface area contributed by atoms with Gasteiger partial charge in [-0.2, -0.15) is 0 Å². The number of pyridine rings is 1. The summed E-state index contributed by atoms with van der Waals surface area (Å²) in [6, 6.07) is 1.77. The molecular weight excluding hydrogens is 537 g/mol. The van der Waals surface area contributed by atoms with Crippen LogP contribution in [0.15, 0.2) is 28.5 Å². The summed E-state index contributed by atoms with van der Waals surface area (Å²) < 4.78 is 7.16. The second kappa shape index (κ2) is 8.93. The van der Waals surface area contributed by atoms with Gasteiger partial charge in [0, 0.05) is 28.6 Å². The lowest BCUT2D eigenvalue weighted by Gasteiger charge is -2.40. The third-order valence-corrected chi connectivity index (χ3v) is 9.04. The molecule has 2 fully saturated rings. The lowest BCUT2D eigenvalue weighted by atomic mass is 9.74. The summed E-state index contributed by atoms with van der Waals surface area (Å²) in [6.45, 7) is 4.74. The molecule has 2 aromatic rings. The Hall–Kier alpha value is -0.880. The van der Waals surface area contributed by atoms with E-state index in [1.807, 2.05) is 0 Å². The molecule has 0 unspecified atom stereocenters. The van der Waals surface area contributed by atoms with Crippen LogP contribution in [0.25, 0.3) is 0 Å². The standard InChI is InChI=1S/C20H25ClIN5O2S/c1-19(11-22)10-20(12-29-19)3-6-27(7-4-20)14-8-25-18(26-13(14)9-28)30-15-2-5-24-17(23)16(15)21/h2,5,8,28H,3-4,6-7,9-12H2,1H3,(H2,23,24)/t19-/m0/s1. The maximum absolute atomic E-state index is 9.94. The number of hydrogen-bond donors (Lipinski definition) is 2. The van der Waals surface area contributed by atoms with Crippen molar-refractivity contribution in [2.45, 2.75) is 48.4 Å². The molecule has 4 heterocycles. The summed E-state index contributed by atoms with van der Waals surface area (Å²) >= 11 is 9.96. The van der Waals surface area contributed by atoms with Crippen LogP contribution in [0.3, 0.4) is 0 Å². The van der Waals surface area contributed by atoms with E-state index >= 15 is 0 Å². The van der Waals surface area contributed by atoms with Crippen molar-refractivity contribution in [3.05, 3.63) is 29.2 Å². The minimum atomic E-state index is -0.144. The van der Waals surface area contributed by atoms with Gasteiger partial charge in [0.05, 0.1) is 41.4 Å². The number of alkyl halides is 1. The third-order valence-electron chi connectivity index (χ3n) is 5.98. The van der Waals surface area contributed by atoms with E-state index in [4.69, 9.17) is 22.1 Å². The number of nitrogens with zero attached hydrogens (tertiary/aromatic N) is 4. The summed E-state index contributed by atoms with van der Waals surface area (Å²) in [5.74, 6) is 0.275. The molecule has 4 rings (SSSR count). The van der Waals surface area contributed by atoms with E-state index in [0.717, 1.165) is 54.0 Å². The normalized spacial score (nSPS) is 23.3. The molecule has 10 heteroatoms. The maximum Gasteiger partial charge on any atom is 0.192 e. The molecule has 0 bridgehead atoms. The highest BCUT2D eigenvalue weighted by atomic mass is 127. The van der Waals surface area contributed by atoms with Gasteiger partial charge in [-0.05, 0) is 49.4 Å². The first kappa shape index (κ1) is 22.3. The highest BCUT2D eigenvalue weighted by molar-refractivity contribution is 14.1. The van der Waals surface area contributed by atoms with E-state index in [2.05, 4.69) is 49.4 Å².